The van der Waals surface area contributed by atoms with Crippen molar-refractivity contribution in [1.82, 2.24) is 15.6 Å². The Kier molecular flexibility index (Phi) is 4.93. The van der Waals surface area contributed by atoms with Gasteiger partial charge in [0.15, 0.2) is 0 Å². The molecule has 1 aliphatic rings. The minimum absolute atomic E-state index is 0.164. The number of aromatic hydroxyl groups is 1. The van der Waals surface area contributed by atoms with E-state index in [9.17, 15) is 14.7 Å². The Bertz CT molecular complexity index is 850. The molecule has 3 atom stereocenters. The van der Waals surface area contributed by atoms with E-state index >= 15 is 0 Å². The first kappa shape index (κ1) is 17.9. The number of rotatable bonds is 5. The van der Waals surface area contributed by atoms with Gasteiger partial charge in [-0.3, -0.25) is 9.59 Å². The third-order valence-electron chi connectivity index (χ3n) is 4.81. The molecule has 1 aromatic heterocycles. The maximum absolute atomic E-state index is 12.6. The van der Waals surface area contributed by atoms with Gasteiger partial charge < -0.3 is 15.7 Å². The molecule has 0 saturated heterocycles. The number of pyridine rings is 1. The van der Waals surface area contributed by atoms with Crippen LogP contribution in [0.25, 0.3) is 0 Å². The summed E-state index contributed by atoms with van der Waals surface area (Å²) in [5.41, 5.74) is 2.07. The molecule has 1 aliphatic carbocycles. The molecular formula is C20H23N3O3. The smallest absolute Gasteiger partial charge is 0.269 e. The summed E-state index contributed by atoms with van der Waals surface area (Å²) >= 11 is 0. The summed E-state index contributed by atoms with van der Waals surface area (Å²) in [5.74, 6) is -0.0689. The van der Waals surface area contributed by atoms with Gasteiger partial charge in [0.1, 0.15) is 11.4 Å². The Balaban J connectivity index is 1.96. The zero-order chi connectivity index (χ0) is 18.8. The van der Waals surface area contributed by atoms with Gasteiger partial charge in [0.25, 0.3) is 11.8 Å². The van der Waals surface area contributed by atoms with Crippen molar-refractivity contribution in [1.29, 1.82) is 0 Å². The van der Waals surface area contributed by atoms with E-state index in [4.69, 9.17) is 0 Å². The zero-order valence-corrected chi connectivity index (χ0v) is 15.1. The predicted molar refractivity (Wildman–Crippen MR) is 98.3 cm³/mol. The van der Waals surface area contributed by atoms with Gasteiger partial charge in [0.2, 0.25) is 0 Å². The van der Waals surface area contributed by atoms with Crippen molar-refractivity contribution >= 4 is 11.8 Å². The number of amides is 2. The maximum atomic E-state index is 12.6. The average Bonchev–Trinajstić information content (AvgIpc) is 3.34. The van der Waals surface area contributed by atoms with Gasteiger partial charge in [-0.2, -0.15) is 0 Å². The first-order valence-corrected chi connectivity index (χ1v) is 8.73. The topological polar surface area (TPSA) is 91.3 Å². The van der Waals surface area contributed by atoms with Crippen molar-refractivity contribution in [3.8, 4) is 5.75 Å². The highest BCUT2D eigenvalue weighted by Crippen LogP contribution is 2.30. The number of phenolic OH excluding ortho intramolecular Hbond substituents is 1. The fraction of sp³-hybridized carbons (Fsp3) is 0.350. The van der Waals surface area contributed by atoms with Gasteiger partial charge in [-0.15, -0.1) is 0 Å². The first-order chi connectivity index (χ1) is 12.4. The summed E-state index contributed by atoms with van der Waals surface area (Å²) in [6.07, 6.45) is 0.978. The van der Waals surface area contributed by atoms with E-state index in [1.807, 2.05) is 13.0 Å². The van der Waals surface area contributed by atoms with Crippen molar-refractivity contribution < 1.29 is 14.7 Å². The number of benzene rings is 1. The number of aromatic nitrogens is 1. The highest BCUT2D eigenvalue weighted by Gasteiger charge is 2.34. The fourth-order valence-corrected chi connectivity index (χ4v) is 2.89. The molecule has 1 unspecified atom stereocenters. The van der Waals surface area contributed by atoms with Crippen LogP contribution in [-0.2, 0) is 0 Å². The molecular weight excluding hydrogens is 330 g/mol. The third kappa shape index (κ3) is 3.85. The highest BCUT2D eigenvalue weighted by atomic mass is 16.3. The zero-order valence-electron chi connectivity index (χ0n) is 15.1. The molecule has 0 radical (unpaired) electrons. The fourth-order valence-electron chi connectivity index (χ4n) is 2.89. The third-order valence-corrected chi connectivity index (χ3v) is 4.81. The molecule has 6 nitrogen and oxygen atoms in total. The SMILES string of the molecule is CNC(=O)c1cc(C(=O)N[C@H]2C[C@@H]2C)cc(C(C)c2cccc(O)c2)n1. The molecule has 3 N–H and O–H groups in total. The Hall–Kier alpha value is -2.89. The largest absolute Gasteiger partial charge is 0.508 e. The Morgan fingerprint density at radius 1 is 1.23 bits per heavy atom. The number of phenols is 1. The van der Waals surface area contributed by atoms with Crippen LogP contribution in [0.5, 0.6) is 5.75 Å². The van der Waals surface area contributed by atoms with Gasteiger partial charge in [-0.1, -0.05) is 26.0 Å². The van der Waals surface area contributed by atoms with Crippen LogP contribution in [0.3, 0.4) is 0 Å². The van der Waals surface area contributed by atoms with Crippen LogP contribution in [0.2, 0.25) is 0 Å². The molecule has 136 valence electrons. The Labute approximate surface area is 152 Å². The second kappa shape index (κ2) is 7.15. The van der Waals surface area contributed by atoms with E-state index < -0.39 is 0 Å². The number of nitrogens with zero attached hydrogens (tertiary/aromatic N) is 1. The van der Waals surface area contributed by atoms with Crippen LogP contribution in [0.1, 0.15) is 58.3 Å². The van der Waals surface area contributed by atoms with E-state index in [2.05, 4.69) is 22.5 Å². The highest BCUT2D eigenvalue weighted by molar-refractivity contribution is 5.98. The van der Waals surface area contributed by atoms with Crippen molar-refractivity contribution in [2.45, 2.75) is 32.2 Å². The van der Waals surface area contributed by atoms with Gasteiger partial charge in [-0.05, 0) is 42.2 Å². The molecule has 0 aliphatic heterocycles. The quantitative estimate of drug-likeness (QED) is 0.770. The van der Waals surface area contributed by atoms with E-state index in [1.54, 1.807) is 24.3 Å². The van der Waals surface area contributed by atoms with Crippen LogP contribution < -0.4 is 10.6 Å². The van der Waals surface area contributed by atoms with Crippen LogP contribution >= 0.6 is 0 Å². The van der Waals surface area contributed by atoms with Crippen molar-refractivity contribution in [2.75, 3.05) is 7.05 Å². The monoisotopic (exact) mass is 353 g/mol. The molecule has 6 heteroatoms. The Morgan fingerprint density at radius 2 is 1.96 bits per heavy atom. The molecule has 1 aromatic carbocycles. The van der Waals surface area contributed by atoms with Crippen LogP contribution in [0.15, 0.2) is 36.4 Å². The van der Waals surface area contributed by atoms with E-state index in [0.29, 0.717) is 17.2 Å². The van der Waals surface area contributed by atoms with Crippen LogP contribution in [0.4, 0.5) is 0 Å². The van der Waals surface area contributed by atoms with E-state index in [1.165, 1.54) is 13.1 Å². The minimum atomic E-state index is -0.344. The van der Waals surface area contributed by atoms with Gasteiger partial charge in [0.05, 0.1) is 0 Å². The van der Waals surface area contributed by atoms with Gasteiger partial charge >= 0.3 is 0 Å². The molecule has 1 saturated carbocycles. The molecule has 26 heavy (non-hydrogen) atoms. The molecule has 2 aromatic rings. The van der Waals surface area contributed by atoms with Gasteiger partial charge in [0, 0.05) is 30.3 Å². The molecule has 0 bridgehead atoms. The van der Waals surface area contributed by atoms with Gasteiger partial charge in [-0.25, -0.2) is 4.98 Å². The molecule has 1 heterocycles. The second-order valence-electron chi connectivity index (χ2n) is 6.85. The van der Waals surface area contributed by atoms with Crippen LogP contribution in [-0.4, -0.2) is 35.0 Å². The van der Waals surface area contributed by atoms with Crippen molar-refractivity contribution in [3.63, 3.8) is 0 Å². The number of nitrogens with one attached hydrogen (secondary N) is 2. The van der Waals surface area contributed by atoms with Crippen molar-refractivity contribution in [2.24, 2.45) is 5.92 Å². The summed E-state index contributed by atoms with van der Waals surface area (Å²) in [5, 5.41) is 15.2. The number of hydrogen-bond acceptors (Lipinski definition) is 4. The summed E-state index contributed by atoms with van der Waals surface area (Å²) in [4.78, 5) is 29.1. The summed E-state index contributed by atoms with van der Waals surface area (Å²) in [6.45, 7) is 4.01. The summed E-state index contributed by atoms with van der Waals surface area (Å²) < 4.78 is 0. The predicted octanol–water partition coefficient (Wildman–Crippen LogP) is 2.44. The summed E-state index contributed by atoms with van der Waals surface area (Å²) in [7, 11) is 1.53. The van der Waals surface area contributed by atoms with E-state index in [-0.39, 0.29) is 35.2 Å². The average molecular weight is 353 g/mol. The lowest BCUT2D eigenvalue weighted by atomic mass is 9.95. The normalized spacial score (nSPS) is 19.5. The Morgan fingerprint density at radius 3 is 2.58 bits per heavy atom. The lowest BCUT2D eigenvalue weighted by Gasteiger charge is -2.15. The number of carbonyl (C=O) groups is 2. The molecule has 0 spiro atoms. The number of carbonyl (C=O) groups excluding carboxylic acids is 2. The van der Waals surface area contributed by atoms with E-state index in [0.717, 1.165) is 12.0 Å². The van der Waals surface area contributed by atoms with Crippen molar-refractivity contribution in [3.05, 3.63) is 58.9 Å². The maximum Gasteiger partial charge on any atom is 0.269 e. The molecule has 3 rings (SSSR count). The first-order valence-electron chi connectivity index (χ1n) is 8.73. The standard InChI is InChI=1S/C20H23N3O3/c1-11-7-16(11)23-19(25)14-9-17(22-18(10-14)20(26)21-3)12(2)13-5-4-6-15(24)8-13/h4-6,8-12,16,24H,7H2,1-3H3,(H,21,26)(H,23,25)/t11-,12?,16-/m0/s1. The van der Waals surface area contributed by atoms with Crippen LogP contribution in [0, 0.1) is 5.92 Å². The lowest BCUT2D eigenvalue weighted by Crippen LogP contribution is -2.28. The summed E-state index contributed by atoms with van der Waals surface area (Å²) in [6, 6.07) is 10.3. The lowest BCUT2D eigenvalue weighted by molar-refractivity contribution is 0.0949. The minimum Gasteiger partial charge on any atom is -0.508 e. The molecule has 1 fully saturated rings. The number of hydrogen-bond donors (Lipinski definition) is 3. The molecule has 2 amide bonds. The second-order valence-corrected chi connectivity index (χ2v) is 6.85.